The average Bonchev–Trinajstić information content (AvgIpc) is 2.26. The van der Waals surface area contributed by atoms with Gasteiger partial charge >= 0.3 is 0 Å². The molecule has 0 aliphatic heterocycles. The second-order valence-electron chi connectivity index (χ2n) is 2.11. The highest BCUT2D eigenvalue weighted by atomic mass is 16.6. The van der Waals surface area contributed by atoms with E-state index in [4.69, 9.17) is 13.7 Å². The van der Waals surface area contributed by atoms with E-state index in [0.717, 1.165) is 0 Å². The van der Waals surface area contributed by atoms with E-state index in [0.29, 0.717) is 0 Å². The molecule has 0 saturated heterocycles. The largest absolute Gasteiger partial charge is 0.618 e. The van der Waals surface area contributed by atoms with Crippen LogP contribution in [-0.4, -0.2) is 4.92 Å². The lowest BCUT2D eigenvalue weighted by atomic mass is 10.1. The van der Waals surface area contributed by atoms with Crippen LogP contribution in [0.25, 0.3) is 0 Å². The molecule has 5 heteroatoms. The molecule has 13 heavy (non-hydrogen) atoms. The van der Waals surface area contributed by atoms with E-state index in [1.165, 1.54) is 0 Å². The molecule has 0 amide bonds. The Bertz CT molecular complexity index is 660. The molecule has 1 aromatic heterocycles. The van der Waals surface area contributed by atoms with Crippen molar-refractivity contribution < 1.29 is 23.4 Å². The standard InChI is InChI=1S/C8H10N2O3/c1-5-4-9(11)7(3)6(2)8(5)10(12)13/h4H,1-3H3/i1D3,2D3,3D3,4D. The fourth-order valence-corrected chi connectivity index (χ4v) is 0.732. The number of nitrogens with zero attached hydrogens (tertiary/aromatic N) is 2. The van der Waals surface area contributed by atoms with Crippen LogP contribution in [0.5, 0.6) is 0 Å². The van der Waals surface area contributed by atoms with Crippen molar-refractivity contribution in [3.05, 3.63) is 38.3 Å². The maximum atomic E-state index is 12.0. The van der Waals surface area contributed by atoms with Crippen LogP contribution >= 0.6 is 0 Å². The van der Waals surface area contributed by atoms with Gasteiger partial charge in [0, 0.05) is 19.2 Å². The van der Waals surface area contributed by atoms with Crippen LogP contribution < -0.4 is 4.73 Å². The molecule has 0 radical (unpaired) electrons. The predicted molar refractivity (Wildman–Crippen MR) is 46.3 cm³/mol. The van der Waals surface area contributed by atoms with Gasteiger partial charge in [0.2, 0.25) is 0 Å². The minimum Gasteiger partial charge on any atom is -0.618 e. The molecule has 0 bridgehead atoms. The summed E-state index contributed by atoms with van der Waals surface area (Å²) >= 11 is 0. The monoisotopic (exact) mass is 192 g/mol. The van der Waals surface area contributed by atoms with Gasteiger partial charge in [-0.15, -0.1) is 0 Å². The normalized spacial score (nSPS) is 24.3. The number of rotatable bonds is 1. The average molecular weight is 192 g/mol. The molecular weight excluding hydrogens is 172 g/mol. The van der Waals surface area contributed by atoms with E-state index in [9.17, 15) is 15.3 Å². The summed E-state index contributed by atoms with van der Waals surface area (Å²) in [7, 11) is 0. The topological polar surface area (TPSA) is 70.1 Å². The number of hydrogen-bond acceptors (Lipinski definition) is 3. The van der Waals surface area contributed by atoms with Crippen molar-refractivity contribution in [1.29, 1.82) is 0 Å². The van der Waals surface area contributed by atoms with Gasteiger partial charge in [-0.3, -0.25) is 10.1 Å². The highest BCUT2D eigenvalue weighted by Crippen LogP contribution is 2.22. The molecule has 0 atom stereocenters. The number of hydrogen-bond donors (Lipinski definition) is 0. The highest BCUT2D eigenvalue weighted by Gasteiger charge is 2.21. The van der Waals surface area contributed by atoms with E-state index in [2.05, 4.69) is 0 Å². The first kappa shape index (κ1) is 2.67. The summed E-state index contributed by atoms with van der Waals surface area (Å²) in [6.45, 7) is -10.2. The lowest BCUT2D eigenvalue weighted by molar-refractivity contribution is -0.613. The zero-order chi connectivity index (χ0) is 18.5. The summed E-state index contributed by atoms with van der Waals surface area (Å²) in [4.78, 5) is 9.80. The molecular formula is C8H10N2O3. The zero-order valence-corrected chi connectivity index (χ0v) is 6.12. The van der Waals surface area contributed by atoms with Gasteiger partial charge in [-0.2, -0.15) is 4.73 Å². The second kappa shape index (κ2) is 3.01. The first-order valence-electron chi connectivity index (χ1n) is 7.97. The van der Waals surface area contributed by atoms with Gasteiger partial charge in [-0.05, 0) is 13.7 Å². The number of pyridine rings is 1. The Morgan fingerprint density at radius 1 is 1.62 bits per heavy atom. The predicted octanol–water partition coefficient (Wildman–Crippen LogP) is 1.15. The third-order valence-corrected chi connectivity index (χ3v) is 1.31. The Balaban J connectivity index is 4.27. The first-order valence-corrected chi connectivity index (χ1v) is 2.97. The van der Waals surface area contributed by atoms with Gasteiger partial charge in [-0.25, -0.2) is 0 Å². The Kier molecular flexibility index (Phi) is 0.617. The molecule has 0 aromatic carbocycles. The first-order chi connectivity index (χ1) is 10.0. The van der Waals surface area contributed by atoms with Crippen LogP contribution in [0, 0.1) is 35.9 Å². The molecule has 5 nitrogen and oxygen atoms in total. The summed E-state index contributed by atoms with van der Waals surface area (Å²) < 4.78 is 71.8. The highest BCUT2D eigenvalue weighted by molar-refractivity contribution is 5.45. The lowest BCUT2D eigenvalue weighted by Gasteiger charge is -2.05. The molecule has 1 aromatic rings. The van der Waals surface area contributed by atoms with Crippen LogP contribution in [0.1, 0.15) is 30.5 Å². The van der Waals surface area contributed by atoms with Crippen molar-refractivity contribution in [1.82, 2.24) is 0 Å². The Morgan fingerprint density at radius 3 is 2.85 bits per heavy atom. The lowest BCUT2D eigenvalue weighted by Crippen LogP contribution is -2.31. The third kappa shape index (κ3) is 1.44. The summed E-state index contributed by atoms with van der Waals surface area (Å²) in [5.41, 5.74) is -6.01. The van der Waals surface area contributed by atoms with Gasteiger partial charge in [0.1, 0.15) is 1.37 Å². The van der Waals surface area contributed by atoms with Gasteiger partial charge in [0.05, 0.1) is 16.1 Å². The minimum absolute atomic E-state index is 0.705. The van der Waals surface area contributed by atoms with Gasteiger partial charge in [0.15, 0.2) is 11.9 Å². The zero-order valence-electron chi connectivity index (χ0n) is 16.1. The van der Waals surface area contributed by atoms with Crippen molar-refractivity contribution in [2.75, 3.05) is 0 Å². The van der Waals surface area contributed by atoms with Crippen molar-refractivity contribution in [3.8, 4) is 0 Å². The molecule has 0 aliphatic rings. The molecule has 1 rings (SSSR count). The van der Waals surface area contributed by atoms with Crippen LogP contribution in [-0.2, 0) is 0 Å². The van der Waals surface area contributed by atoms with E-state index >= 15 is 0 Å². The molecule has 0 unspecified atom stereocenters. The van der Waals surface area contributed by atoms with Crippen LogP contribution in [0.3, 0.4) is 0 Å². The van der Waals surface area contributed by atoms with Crippen LogP contribution in [0.4, 0.5) is 5.69 Å². The summed E-state index contributed by atoms with van der Waals surface area (Å²) in [5, 5.41) is 23.2. The fraction of sp³-hybridized carbons (Fsp3) is 0.375. The summed E-state index contributed by atoms with van der Waals surface area (Å²) in [5.74, 6) is 0. The summed E-state index contributed by atoms with van der Waals surface area (Å²) in [6.07, 6.45) is -1.50. The van der Waals surface area contributed by atoms with E-state index in [1.807, 2.05) is 0 Å². The van der Waals surface area contributed by atoms with Crippen molar-refractivity contribution >= 4 is 5.69 Å². The van der Waals surface area contributed by atoms with E-state index in [1.54, 1.807) is 0 Å². The van der Waals surface area contributed by atoms with Crippen molar-refractivity contribution in [2.45, 2.75) is 20.6 Å². The van der Waals surface area contributed by atoms with Crippen molar-refractivity contribution in [2.24, 2.45) is 0 Å². The maximum Gasteiger partial charge on any atom is 0.287 e. The van der Waals surface area contributed by atoms with Crippen LogP contribution in [0.2, 0.25) is 0 Å². The Hall–Kier alpha value is -1.65. The Labute approximate surface area is 89.4 Å². The number of nitro groups is 1. The third-order valence-electron chi connectivity index (χ3n) is 1.31. The molecule has 1 heterocycles. The van der Waals surface area contributed by atoms with Crippen molar-refractivity contribution in [3.63, 3.8) is 0 Å². The summed E-state index contributed by atoms with van der Waals surface area (Å²) in [6, 6.07) is 0. The fourth-order valence-electron chi connectivity index (χ4n) is 0.732. The second-order valence-corrected chi connectivity index (χ2v) is 2.11. The molecule has 0 N–H and O–H groups in total. The molecule has 70 valence electrons. The van der Waals surface area contributed by atoms with E-state index in [-0.39, 0.29) is 0 Å². The molecule has 0 saturated carbocycles. The van der Waals surface area contributed by atoms with Crippen LogP contribution in [0.15, 0.2) is 6.17 Å². The minimum atomic E-state index is -3.45. The van der Waals surface area contributed by atoms with Gasteiger partial charge < -0.3 is 5.21 Å². The molecule has 0 fully saturated rings. The van der Waals surface area contributed by atoms with Gasteiger partial charge in [-0.1, -0.05) is 0 Å². The quantitative estimate of drug-likeness (QED) is 0.290. The maximum absolute atomic E-state index is 12.0. The Morgan fingerprint density at radius 2 is 2.38 bits per heavy atom. The molecule has 0 aliphatic carbocycles. The smallest absolute Gasteiger partial charge is 0.287 e. The molecule has 0 spiro atoms. The van der Waals surface area contributed by atoms with E-state index < -0.39 is 58.9 Å². The van der Waals surface area contributed by atoms with Gasteiger partial charge in [0.25, 0.3) is 5.69 Å². The SMILES string of the molecule is [2H]c1c(C([2H])([2H])[2H])c([N+](=O)[O-])c(C([2H])([2H])[2H])c(C([2H])([2H])[2H])[n+]1[O-]. The number of aromatic nitrogens is 1.